The van der Waals surface area contributed by atoms with Crippen LogP contribution in [0.3, 0.4) is 0 Å². The third-order valence-corrected chi connectivity index (χ3v) is 2.24. The van der Waals surface area contributed by atoms with E-state index in [0.29, 0.717) is 0 Å². The maximum atomic E-state index is 3.76. The van der Waals surface area contributed by atoms with E-state index >= 15 is 0 Å². The summed E-state index contributed by atoms with van der Waals surface area (Å²) >= 11 is 0. The molecule has 93 valence electrons. The Morgan fingerprint density at radius 1 is 0.421 bits per heavy atom. The van der Waals surface area contributed by atoms with E-state index in [0.717, 1.165) is 22.3 Å². The van der Waals surface area contributed by atoms with Crippen LogP contribution in [0.4, 0.5) is 0 Å². The average molecular weight is 475 g/mol. The van der Waals surface area contributed by atoms with Crippen LogP contribution in [-0.2, 0) is 98.1 Å². The van der Waals surface area contributed by atoms with Crippen LogP contribution < -0.4 is 0 Å². The molecule has 2 rings (SSSR count). The molecule has 0 atom stereocenters. The van der Waals surface area contributed by atoms with Gasteiger partial charge in [-0.25, -0.2) is 24.3 Å². The predicted molar refractivity (Wildman–Crippen MR) is 70.7 cm³/mol. The topological polar surface area (TPSA) is 0 Å². The van der Waals surface area contributed by atoms with Gasteiger partial charge in [0.25, 0.3) is 0 Å². The molecule has 0 bridgehead atoms. The molecule has 0 spiro atoms. The minimum atomic E-state index is 0. The van der Waals surface area contributed by atoms with Gasteiger partial charge in [-0.05, 0) is 0 Å². The van der Waals surface area contributed by atoms with Gasteiger partial charge >= 0.3 is 0 Å². The molecule has 2 aromatic carbocycles. The van der Waals surface area contributed by atoms with E-state index < -0.39 is 0 Å². The molecular formula is C16H16Y3-4. The second kappa shape index (κ2) is 14.2. The van der Waals surface area contributed by atoms with E-state index in [1.165, 1.54) is 0 Å². The Morgan fingerprint density at radius 2 is 0.579 bits per heavy atom. The van der Waals surface area contributed by atoms with Crippen molar-refractivity contribution in [3.05, 3.63) is 98.5 Å². The summed E-state index contributed by atoms with van der Waals surface area (Å²) in [6, 6.07) is 15.6. The molecule has 2 aromatic rings. The van der Waals surface area contributed by atoms with Crippen molar-refractivity contribution in [3.8, 4) is 0 Å². The van der Waals surface area contributed by atoms with Crippen molar-refractivity contribution in [2.24, 2.45) is 0 Å². The van der Waals surface area contributed by atoms with E-state index in [2.05, 4.69) is 27.7 Å². The van der Waals surface area contributed by atoms with Gasteiger partial charge in [-0.2, -0.15) is 0 Å². The summed E-state index contributed by atoms with van der Waals surface area (Å²) in [5.41, 5.74) is 4.03. The zero-order valence-electron chi connectivity index (χ0n) is 11.2. The molecule has 0 aliphatic carbocycles. The fourth-order valence-corrected chi connectivity index (χ4v) is 1.11. The van der Waals surface area contributed by atoms with E-state index in [9.17, 15) is 0 Å². The second-order valence-electron chi connectivity index (χ2n) is 3.54. The van der Waals surface area contributed by atoms with Crippen LogP contribution in [0, 0.1) is 27.7 Å². The van der Waals surface area contributed by atoms with Crippen molar-refractivity contribution in [1.29, 1.82) is 0 Å². The molecule has 0 aliphatic heterocycles. The minimum absolute atomic E-state index is 0. The number of rotatable bonds is 0. The molecule has 0 nitrogen and oxygen atoms in total. The van der Waals surface area contributed by atoms with Gasteiger partial charge in [-0.1, -0.05) is 0 Å². The van der Waals surface area contributed by atoms with Gasteiger partial charge in [0, 0.05) is 98.1 Å². The van der Waals surface area contributed by atoms with E-state index in [-0.39, 0.29) is 98.1 Å². The van der Waals surface area contributed by atoms with E-state index in [1.54, 1.807) is 0 Å². The van der Waals surface area contributed by atoms with Crippen LogP contribution in [0.2, 0.25) is 0 Å². The van der Waals surface area contributed by atoms with Crippen molar-refractivity contribution in [2.75, 3.05) is 0 Å². The van der Waals surface area contributed by atoms with Gasteiger partial charge in [0.1, 0.15) is 0 Å². The summed E-state index contributed by atoms with van der Waals surface area (Å²) in [6.45, 7) is 15.0. The normalized spacial score (nSPS) is 7.58. The second-order valence-corrected chi connectivity index (χ2v) is 3.54. The van der Waals surface area contributed by atoms with Gasteiger partial charge < -0.3 is 0 Å². The Labute approximate surface area is 193 Å². The summed E-state index contributed by atoms with van der Waals surface area (Å²) in [6.07, 6.45) is 0. The van der Waals surface area contributed by atoms with Gasteiger partial charge in [0.2, 0.25) is 0 Å². The van der Waals surface area contributed by atoms with Crippen molar-refractivity contribution >= 4 is 0 Å². The first-order valence-corrected chi connectivity index (χ1v) is 5.07. The van der Waals surface area contributed by atoms with Gasteiger partial charge in [-0.3, -0.25) is 49.9 Å². The molecule has 3 radical (unpaired) electrons. The van der Waals surface area contributed by atoms with Gasteiger partial charge in [-0.15, -0.1) is 24.3 Å². The molecular weight excluding hydrogens is 459 g/mol. The Bertz CT molecular complexity index is 368. The monoisotopic (exact) mass is 475 g/mol. The summed E-state index contributed by atoms with van der Waals surface area (Å²) in [5.74, 6) is 0. The summed E-state index contributed by atoms with van der Waals surface area (Å²) in [7, 11) is 0. The van der Waals surface area contributed by atoms with Crippen molar-refractivity contribution < 1.29 is 98.1 Å². The molecule has 0 N–H and O–H groups in total. The molecule has 19 heavy (non-hydrogen) atoms. The van der Waals surface area contributed by atoms with E-state index in [1.807, 2.05) is 48.5 Å². The molecule has 0 saturated carbocycles. The third-order valence-electron chi connectivity index (χ3n) is 2.24. The predicted octanol–water partition coefficient (Wildman–Crippen LogP) is 4.09. The molecule has 0 fully saturated rings. The van der Waals surface area contributed by atoms with Crippen LogP contribution >= 0.6 is 0 Å². The van der Waals surface area contributed by atoms with Crippen molar-refractivity contribution in [2.45, 2.75) is 0 Å². The van der Waals surface area contributed by atoms with Crippen molar-refractivity contribution in [3.63, 3.8) is 0 Å². The molecule has 0 heterocycles. The van der Waals surface area contributed by atoms with Crippen LogP contribution in [0.5, 0.6) is 0 Å². The molecule has 0 aromatic heterocycles. The quantitative estimate of drug-likeness (QED) is 0.504. The van der Waals surface area contributed by atoms with Gasteiger partial charge in [0.05, 0.1) is 0 Å². The number of hydrogen-bond acceptors (Lipinski definition) is 0. The van der Waals surface area contributed by atoms with Crippen molar-refractivity contribution in [1.82, 2.24) is 0 Å². The maximum absolute atomic E-state index is 3.76. The summed E-state index contributed by atoms with van der Waals surface area (Å²) < 4.78 is 0. The fourth-order valence-electron chi connectivity index (χ4n) is 1.11. The Morgan fingerprint density at radius 3 is 0.684 bits per heavy atom. The molecule has 0 amide bonds. The number of hydrogen-bond donors (Lipinski definition) is 0. The fraction of sp³-hybridized carbons (Fsp3) is 0. The Hall–Kier alpha value is 1.23. The van der Waals surface area contributed by atoms with Crippen LogP contribution in [-0.4, -0.2) is 0 Å². The standard InChI is InChI=1S/2C8H8.3Y/c2*1-7-5-3-4-6-8(7)2;;;/h2*3-6H,1-2H2;;;/q2*-2;;;. The Kier molecular flexibility index (Phi) is 18.8. The van der Waals surface area contributed by atoms with Crippen LogP contribution in [0.1, 0.15) is 22.3 Å². The van der Waals surface area contributed by atoms with Gasteiger partial charge in [0.15, 0.2) is 0 Å². The minimum Gasteiger partial charge on any atom is -0.299 e. The summed E-state index contributed by atoms with van der Waals surface area (Å²) in [5, 5.41) is 0. The average Bonchev–Trinajstić information content (AvgIpc) is 2.28. The first-order chi connectivity index (χ1) is 7.61. The van der Waals surface area contributed by atoms with Crippen LogP contribution in [0.15, 0.2) is 48.5 Å². The zero-order chi connectivity index (χ0) is 12.0. The summed E-state index contributed by atoms with van der Waals surface area (Å²) in [4.78, 5) is 0. The first kappa shape index (κ1) is 25.2. The molecule has 0 unspecified atom stereocenters. The molecule has 0 aliphatic rings. The SMILES string of the molecule is [CH2-]c1ccccc1[CH2-].[CH2-]c1ccccc1[CH2-].[Y].[Y].[Y]. The zero-order valence-corrected chi connectivity index (χ0v) is 19.7. The molecule has 0 saturated heterocycles. The van der Waals surface area contributed by atoms with E-state index in [4.69, 9.17) is 0 Å². The smallest absolute Gasteiger partial charge is 0 e. The van der Waals surface area contributed by atoms with Crippen LogP contribution in [0.25, 0.3) is 0 Å². The largest absolute Gasteiger partial charge is 0.299 e. The number of benzene rings is 2. The first-order valence-electron chi connectivity index (χ1n) is 5.07. The Balaban J connectivity index is -0.000000233. The third kappa shape index (κ3) is 10.6. The maximum Gasteiger partial charge on any atom is 0 e. The molecule has 3 heteroatoms.